The number of carbonyl (C=O) groups is 3. The highest BCUT2D eigenvalue weighted by molar-refractivity contribution is 5.96. The first-order chi connectivity index (χ1) is 13.3. The van der Waals surface area contributed by atoms with Gasteiger partial charge in [-0.2, -0.15) is 0 Å². The number of esters is 1. The summed E-state index contributed by atoms with van der Waals surface area (Å²) in [7, 11) is 0. The van der Waals surface area contributed by atoms with Gasteiger partial charge in [0.25, 0.3) is 5.91 Å². The number of amides is 3. The first kappa shape index (κ1) is 21.3. The second-order valence-corrected chi connectivity index (χ2v) is 6.68. The Balaban J connectivity index is 1.94. The third kappa shape index (κ3) is 6.29. The van der Waals surface area contributed by atoms with Crippen molar-refractivity contribution in [1.29, 1.82) is 0 Å². The first-order valence-electron chi connectivity index (χ1n) is 9.20. The van der Waals surface area contributed by atoms with Gasteiger partial charge in [0.1, 0.15) is 17.6 Å². The van der Waals surface area contributed by atoms with Crippen LogP contribution in [-0.2, 0) is 20.7 Å². The van der Waals surface area contributed by atoms with E-state index in [9.17, 15) is 14.4 Å². The van der Waals surface area contributed by atoms with Crippen LogP contribution in [0.4, 0.5) is 4.79 Å². The highest BCUT2D eigenvalue weighted by atomic mass is 16.5. The second kappa shape index (κ2) is 9.77. The summed E-state index contributed by atoms with van der Waals surface area (Å²) in [6.45, 7) is 7.31. The molecule has 28 heavy (non-hydrogen) atoms. The van der Waals surface area contributed by atoms with Gasteiger partial charge in [-0.1, -0.05) is 0 Å². The molecule has 0 unspecified atom stereocenters. The van der Waals surface area contributed by atoms with E-state index in [4.69, 9.17) is 14.2 Å². The summed E-state index contributed by atoms with van der Waals surface area (Å²) in [6.07, 6.45) is 3.65. The van der Waals surface area contributed by atoms with E-state index < -0.39 is 24.5 Å². The van der Waals surface area contributed by atoms with Crippen LogP contribution in [0.5, 0.6) is 11.5 Å². The molecule has 2 rings (SSSR count). The normalized spacial score (nSPS) is 15.1. The van der Waals surface area contributed by atoms with Crippen LogP contribution in [0.25, 0.3) is 6.08 Å². The second-order valence-electron chi connectivity index (χ2n) is 6.68. The molecular weight excluding hydrogens is 364 g/mol. The van der Waals surface area contributed by atoms with E-state index >= 15 is 0 Å². The van der Waals surface area contributed by atoms with Crippen LogP contribution in [-0.4, -0.2) is 43.3 Å². The molecule has 1 aromatic carbocycles. The predicted molar refractivity (Wildman–Crippen MR) is 103 cm³/mol. The molecule has 1 heterocycles. The number of imide groups is 1. The number of rotatable bonds is 7. The zero-order valence-electron chi connectivity index (χ0n) is 16.5. The van der Waals surface area contributed by atoms with E-state index in [2.05, 4.69) is 10.6 Å². The van der Waals surface area contributed by atoms with Gasteiger partial charge in [-0.25, -0.2) is 9.59 Å². The summed E-state index contributed by atoms with van der Waals surface area (Å²) in [5, 5.41) is 4.57. The Labute approximate surface area is 164 Å². The molecule has 1 aliphatic heterocycles. The summed E-state index contributed by atoms with van der Waals surface area (Å²) < 4.78 is 16.2. The van der Waals surface area contributed by atoms with Gasteiger partial charge in [0.2, 0.25) is 0 Å². The van der Waals surface area contributed by atoms with Crippen molar-refractivity contribution in [2.24, 2.45) is 0 Å². The average Bonchev–Trinajstić information content (AvgIpc) is 2.96. The lowest BCUT2D eigenvalue weighted by molar-refractivity contribution is -0.143. The van der Waals surface area contributed by atoms with E-state index in [-0.39, 0.29) is 12.1 Å². The van der Waals surface area contributed by atoms with Gasteiger partial charge in [0.05, 0.1) is 6.61 Å². The van der Waals surface area contributed by atoms with Crippen molar-refractivity contribution in [1.82, 2.24) is 10.6 Å². The fourth-order valence-electron chi connectivity index (χ4n) is 2.67. The first-order valence-corrected chi connectivity index (χ1v) is 9.20. The molecule has 1 aliphatic rings. The summed E-state index contributed by atoms with van der Waals surface area (Å²) in [4.78, 5) is 34.9. The monoisotopic (exact) mass is 390 g/mol. The molecule has 1 aromatic rings. The summed E-state index contributed by atoms with van der Waals surface area (Å²) in [5.41, 5.74) is 1.74. The van der Waals surface area contributed by atoms with Gasteiger partial charge in [0, 0.05) is 29.7 Å². The molecule has 0 spiro atoms. The molecular formula is C20H26N2O6. The van der Waals surface area contributed by atoms with E-state index in [0.717, 1.165) is 17.7 Å². The molecule has 0 saturated carbocycles. The van der Waals surface area contributed by atoms with Crippen LogP contribution < -0.4 is 20.1 Å². The molecule has 152 valence electrons. The van der Waals surface area contributed by atoms with Crippen molar-refractivity contribution >= 4 is 24.0 Å². The zero-order chi connectivity index (χ0) is 20.7. The number of urea groups is 1. The van der Waals surface area contributed by atoms with Crippen molar-refractivity contribution in [3.63, 3.8) is 0 Å². The molecule has 3 amide bonds. The molecule has 8 heteroatoms. The number of nitrogens with one attached hydrogen (secondary N) is 2. The van der Waals surface area contributed by atoms with E-state index in [1.54, 1.807) is 19.9 Å². The maximum Gasteiger partial charge on any atom is 0.331 e. The number of carbonyl (C=O) groups excluding carboxylic acids is 3. The highest BCUT2D eigenvalue weighted by Crippen LogP contribution is 2.35. The Bertz CT molecular complexity index is 772. The number of hydrogen-bond donors (Lipinski definition) is 2. The molecule has 1 atom stereocenters. The van der Waals surface area contributed by atoms with Gasteiger partial charge in [-0.05, 0) is 45.9 Å². The van der Waals surface area contributed by atoms with Crippen LogP contribution in [0.2, 0.25) is 0 Å². The van der Waals surface area contributed by atoms with E-state index in [0.29, 0.717) is 17.9 Å². The van der Waals surface area contributed by atoms with Gasteiger partial charge in [0.15, 0.2) is 6.61 Å². The summed E-state index contributed by atoms with van der Waals surface area (Å²) in [5.74, 6) is -0.0166. The Kier molecular flexibility index (Phi) is 7.43. The van der Waals surface area contributed by atoms with Crippen molar-refractivity contribution < 1.29 is 28.6 Å². The van der Waals surface area contributed by atoms with Crippen molar-refractivity contribution in [2.45, 2.75) is 46.3 Å². The van der Waals surface area contributed by atoms with E-state index in [1.165, 1.54) is 6.08 Å². The highest BCUT2D eigenvalue weighted by Gasteiger charge is 2.21. The molecule has 0 bridgehead atoms. The maximum atomic E-state index is 11.9. The van der Waals surface area contributed by atoms with Crippen molar-refractivity contribution in [2.75, 3.05) is 13.2 Å². The summed E-state index contributed by atoms with van der Waals surface area (Å²) in [6, 6.07) is 2.97. The number of benzene rings is 1. The Morgan fingerprint density at radius 2 is 2.07 bits per heavy atom. The van der Waals surface area contributed by atoms with Gasteiger partial charge < -0.3 is 19.5 Å². The minimum Gasteiger partial charge on any atom is -0.493 e. The smallest absolute Gasteiger partial charge is 0.331 e. The Morgan fingerprint density at radius 3 is 2.75 bits per heavy atom. The van der Waals surface area contributed by atoms with Crippen LogP contribution in [0.3, 0.4) is 0 Å². The minimum atomic E-state index is -0.713. The van der Waals surface area contributed by atoms with Gasteiger partial charge >= 0.3 is 12.0 Å². The number of ether oxygens (including phenoxy) is 3. The van der Waals surface area contributed by atoms with Gasteiger partial charge in [-0.15, -0.1) is 0 Å². The quantitative estimate of drug-likeness (QED) is 0.547. The van der Waals surface area contributed by atoms with Crippen molar-refractivity contribution in [3.8, 4) is 11.5 Å². The lowest BCUT2D eigenvalue weighted by Gasteiger charge is -2.10. The molecule has 0 saturated heterocycles. The SMILES string of the molecule is CCOc1cc2c(cc1/C=C/C(=O)OCC(=O)NC(=O)NC(C)C)O[C@@H](C)C2. The molecule has 8 nitrogen and oxygen atoms in total. The maximum absolute atomic E-state index is 11.9. The Morgan fingerprint density at radius 1 is 1.32 bits per heavy atom. The molecule has 0 fully saturated rings. The average molecular weight is 390 g/mol. The topological polar surface area (TPSA) is 103 Å². The number of hydrogen-bond acceptors (Lipinski definition) is 6. The number of fused-ring (bicyclic) bond motifs is 1. The third-order valence-electron chi connectivity index (χ3n) is 3.75. The zero-order valence-corrected chi connectivity index (χ0v) is 16.5. The molecule has 0 radical (unpaired) electrons. The van der Waals surface area contributed by atoms with Crippen molar-refractivity contribution in [3.05, 3.63) is 29.3 Å². The van der Waals surface area contributed by atoms with Gasteiger partial charge in [-0.3, -0.25) is 10.1 Å². The minimum absolute atomic E-state index is 0.0973. The van der Waals surface area contributed by atoms with Crippen LogP contribution in [0.1, 0.15) is 38.8 Å². The lowest BCUT2D eigenvalue weighted by atomic mass is 10.1. The molecule has 0 aromatic heterocycles. The van der Waals surface area contributed by atoms with Crippen LogP contribution >= 0.6 is 0 Å². The lowest BCUT2D eigenvalue weighted by Crippen LogP contribution is -2.43. The molecule has 0 aliphatic carbocycles. The van der Waals surface area contributed by atoms with Crippen LogP contribution in [0, 0.1) is 0 Å². The Hall–Kier alpha value is -3.03. The third-order valence-corrected chi connectivity index (χ3v) is 3.75. The predicted octanol–water partition coefficient (Wildman–Crippen LogP) is 2.20. The largest absolute Gasteiger partial charge is 0.493 e. The standard InChI is InChI=1S/C20H26N2O6/c1-5-26-16-10-15-8-13(4)28-17(15)9-14(16)6-7-19(24)27-11-18(23)22-20(25)21-12(2)3/h6-7,9-10,12-13H,5,8,11H2,1-4H3,(H2,21,22,23,25)/b7-6+/t13-/m0/s1. The molecule has 2 N–H and O–H groups in total. The summed E-state index contributed by atoms with van der Waals surface area (Å²) >= 11 is 0. The van der Waals surface area contributed by atoms with E-state index in [1.807, 2.05) is 26.0 Å². The fraction of sp³-hybridized carbons (Fsp3) is 0.450. The van der Waals surface area contributed by atoms with Crippen LogP contribution in [0.15, 0.2) is 18.2 Å². The fourth-order valence-corrected chi connectivity index (χ4v) is 2.67.